The molecule has 0 saturated heterocycles. The van der Waals surface area contributed by atoms with E-state index in [4.69, 9.17) is 27.2 Å². The topological polar surface area (TPSA) is 72.6 Å². The van der Waals surface area contributed by atoms with Crippen molar-refractivity contribution in [1.82, 2.24) is 0 Å². The molecule has 0 spiro atoms. The fourth-order valence-electron chi connectivity index (χ4n) is 2.91. The second-order valence-electron chi connectivity index (χ2n) is 6.10. The maximum atomic E-state index is 14.6. The monoisotopic (exact) mass is 415 g/mol. The zero-order chi connectivity index (χ0) is 21.2. The minimum absolute atomic E-state index is 0.129. The molecule has 0 heterocycles. The van der Waals surface area contributed by atoms with E-state index in [1.165, 1.54) is 0 Å². The minimum atomic E-state index is -0.342. The highest BCUT2D eigenvalue weighted by Crippen LogP contribution is 2.29. The minimum Gasteiger partial charge on any atom is -0.489 e. The van der Waals surface area contributed by atoms with Crippen LogP contribution in [0.25, 0.3) is 11.1 Å². The van der Waals surface area contributed by atoms with Gasteiger partial charge in [0.05, 0.1) is 0 Å². The molecule has 0 aromatic heterocycles. The third-order valence-corrected chi connectivity index (χ3v) is 4.46. The van der Waals surface area contributed by atoms with Gasteiger partial charge in [0.25, 0.3) is 0 Å². The third-order valence-electron chi connectivity index (χ3n) is 4.24. The zero-order valence-corrected chi connectivity index (χ0v) is 16.8. The van der Waals surface area contributed by atoms with Crippen LogP contribution in [0.5, 0.6) is 5.75 Å². The molecular weight excluding hydrogens is 393 g/mol. The standard InChI is InChI=1S/C22H19ClFNO2.CH4O/c23-19-11-15(14-27-21-7-2-1-4-16(21)8-9-26)10-18(12-19)20-6-3-5-17(13-25)22(20)24;1-2/h1-7,9-12H,8,13-14,25H2;2H,1H3. The lowest BCUT2D eigenvalue weighted by molar-refractivity contribution is -0.107. The number of carbonyl (C=O) groups excluding carboxylic acids is 1. The van der Waals surface area contributed by atoms with E-state index in [0.29, 0.717) is 27.5 Å². The Bertz CT molecular complexity index is 963. The normalized spacial score (nSPS) is 10.1. The molecule has 0 fully saturated rings. The van der Waals surface area contributed by atoms with E-state index in [9.17, 15) is 9.18 Å². The summed E-state index contributed by atoms with van der Waals surface area (Å²) in [6.07, 6.45) is 1.13. The first-order valence-corrected chi connectivity index (χ1v) is 9.36. The Morgan fingerprint density at radius 1 is 1.07 bits per heavy atom. The van der Waals surface area contributed by atoms with Gasteiger partial charge in [-0.2, -0.15) is 0 Å². The Morgan fingerprint density at radius 3 is 2.52 bits per heavy atom. The molecule has 0 amide bonds. The van der Waals surface area contributed by atoms with Crippen LogP contribution in [0.3, 0.4) is 0 Å². The van der Waals surface area contributed by atoms with E-state index in [0.717, 1.165) is 24.5 Å². The number of ether oxygens (including phenoxy) is 1. The van der Waals surface area contributed by atoms with Crippen molar-refractivity contribution >= 4 is 17.9 Å². The molecule has 3 N–H and O–H groups in total. The van der Waals surface area contributed by atoms with Gasteiger partial charge in [-0.1, -0.05) is 48.0 Å². The van der Waals surface area contributed by atoms with E-state index >= 15 is 0 Å². The van der Waals surface area contributed by atoms with Gasteiger partial charge in [0, 0.05) is 41.8 Å². The quantitative estimate of drug-likeness (QED) is 0.556. The first kappa shape index (κ1) is 22.6. The lowest BCUT2D eigenvalue weighted by Gasteiger charge is -2.12. The van der Waals surface area contributed by atoms with Gasteiger partial charge in [-0.3, -0.25) is 0 Å². The summed E-state index contributed by atoms with van der Waals surface area (Å²) in [4.78, 5) is 10.8. The van der Waals surface area contributed by atoms with Crippen LogP contribution >= 0.6 is 11.6 Å². The smallest absolute Gasteiger partial charge is 0.135 e. The lowest BCUT2D eigenvalue weighted by Crippen LogP contribution is -2.02. The number of aldehydes is 1. The molecule has 29 heavy (non-hydrogen) atoms. The second kappa shape index (κ2) is 11.3. The summed E-state index contributed by atoms with van der Waals surface area (Å²) in [7, 11) is 1.00. The maximum absolute atomic E-state index is 14.6. The molecule has 152 valence electrons. The highest BCUT2D eigenvalue weighted by Gasteiger charge is 2.11. The number of halogens is 2. The van der Waals surface area contributed by atoms with E-state index in [1.54, 1.807) is 30.3 Å². The predicted molar refractivity (Wildman–Crippen MR) is 113 cm³/mol. The number of aliphatic hydroxyl groups is 1. The Labute approximate surface area is 174 Å². The van der Waals surface area contributed by atoms with Crippen molar-refractivity contribution in [3.63, 3.8) is 0 Å². The molecule has 0 saturated carbocycles. The zero-order valence-electron chi connectivity index (χ0n) is 16.1. The molecule has 3 rings (SSSR count). The number of para-hydroxylation sites is 1. The van der Waals surface area contributed by atoms with Crippen LogP contribution < -0.4 is 10.5 Å². The van der Waals surface area contributed by atoms with Gasteiger partial charge >= 0.3 is 0 Å². The van der Waals surface area contributed by atoms with E-state index in [-0.39, 0.29) is 25.4 Å². The molecule has 0 aliphatic heterocycles. The number of hydrogen-bond donors (Lipinski definition) is 2. The van der Waals surface area contributed by atoms with Crippen molar-refractivity contribution < 1.29 is 19.0 Å². The third kappa shape index (κ3) is 5.87. The molecule has 0 radical (unpaired) electrons. The molecule has 0 bridgehead atoms. The predicted octanol–water partition coefficient (Wildman–Crippen LogP) is 4.53. The SMILES string of the molecule is CO.NCc1cccc(-c2cc(Cl)cc(COc3ccccc3CC=O)c2)c1F. The molecule has 3 aromatic carbocycles. The maximum Gasteiger partial charge on any atom is 0.135 e. The summed E-state index contributed by atoms with van der Waals surface area (Å²) >= 11 is 6.24. The molecule has 0 unspecified atom stereocenters. The van der Waals surface area contributed by atoms with Crippen molar-refractivity contribution in [2.24, 2.45) is 5.73 Å². The van der Waals surface area contributed by atoms with Crippen molar-refractivity contribution in [3.05, 3.63) is 88.2 Å². The van der Waals surface area contributed by atoms with E-state index in [2.05, 4.69) is 0 Å². The summed E-state index contributed by atoms with van der Waals surface area (Å²) < 4.78 is 20.5. The van der Waals surface area contributed by atoms with Gasteiger partial charge in [0.1, 0.15) is 24.5 Å². The summed E-state index contributed by atoms with van der Waals surface area (Å²) in [5.41, 5.74) is 8.78. The molecule has 6 heteroatoms. The summed E-state index contributed by atoms with van der Waals surface area (Å²) in [6.45, 7) is 0.380. The lowest BCUT2D eigenvalue weighted by atomic mass is 10.00. The molecule has 4 nitrogen and oxygen atoms in total. The second-order valence-corrected chi connectivity index (χ2v) is 6.53. The van der Waals surface area contributed by atoms with Gasteiger partial charge in [0.15, 0.2) is 0 Å². The average molecular weight is 416 g/mol. The molecule has 3 aromatic rings. The van der Waals surface area contributed by atoms with E-state index in [1.807, 2.05) is 30.3 Å². The number of rotatable bonds is 7. The van der Waals surface area contributed by atoms with Crippen molar-refractivity contribution in [1.29, 1.82) is 0 Å². The Balaban J connectivity index is 0.00000145. The number of hydrogen-bond acceptors (Lipinski definition) is 4. The van der Waals surface area contributed by atoms with Gasteiger partial charge in [-0.05, 0) is 35.4 Å². The highest BCUT2D eigenvalue weighted by atomic mass is 35.5. The van der Waals surface area contributed by atoms with Crippen molar-refractivity contribution in [2.75, 3.05) is 7.11 Å². The van der Waals surface area contributed by atoms with Crippen LogP contribution in [0, 0.1) is 5.82 Å². The fraction of sp³-hybridized carbons (Fsp3) is 0.174. The average Bonchev–Trinajstić information content (AvgIpc) is 2.74. The van der Waals surface area contributed by atoms with Crippen molar-refractivity contribution in [2.45, 2.75) is 19.6 Å². The number of aliphatic hydroxyl groups excluding tert-OH is 1. The number of nitrogens with two attached hydrogens (primary N) is 1. The molecule has 0 atom stereocenters. The van der Waals surface area contributed by atoms with Gasteiger partial charge < -0.3 is 20.4 Å². The highest BCUT2D eigenvalue weighted by molar-refractivity contribution is 6.31. The Morgan fingerprint density at radius 2 is 1.79 bits per heavy atom. The van der Waals surface area contributed by atoms with Crippen LogP contribution in [0.15, 0.2) is 60.7 Å². The fourth-order valence-corrected chi connectivity index (χ4v) is 3.17. The Hall–Kier alpha value is -2.73. The van der Waals surface area contributed by atoms with Crippen LogP contribution in [-0.4, -0.2) is 18.5 Å². The van der Waals surface area contributed by atoms with Gasteiger partial charge in [-0.15, -0.1) is 0 Å². The van der Waals surface area contributed by atoms with Crippen LogP contribution in [-0.2, 0) is 24.4 Å². The number of carbonyl (C=O) groups is 1. The molecule has 0 aliphatic carbocycles. The summed E-state index contributed by atoms with van der Waals surface area (Å²) in [5.74, 6) is 0.299. The van der Waals surface area contributed by atoms with Crippen LogP contribution in [0.2, 0.25) is 5.02 Å². The largest absolute Gasteiger partial charge is 0.489 e. The molecular formula is C23H23ClFNO3. The van der Waals surface area contributed by atoms with Crippen LogP contribution in [0.4, 0.5) is 4.39 Å². The molecule has 0 aliphatic rings. The first-order chi connectivity index (χ1) is 14.1. The number of benzene rings is 3. The van der Waals surface area contributed by atoms with E-state index < -0.39 is 0 Å². The summed E-state index contributed by atoms with van der Waals surface area (Å²) in [6, 6.07) is 17.8. The van der Waals surface area contributed by atoms with Gasteiger partial charge in [0.2, 0.25) is 0 Å². The van der Waals surface area contributed by atoms with Crippen molar-refractivity contribution in [3.8, 4) is 16.9 Å². The summed E-state index contributed by atoms with van der Waals surface area (Å²) in [5, 5.41) is 7.49. The first-order valence-electron chi connectivity index (χ1n) is 8.98. The Kier molecular flexibility index (Phi) is 8.80. The van der Waals surface area contributed by atoms with Crippen LogP contribution in [0.1, 0.15) is 16.7 Å². The van der Waals surface area contributed by atoms with Gasteiger partial charge in [-0.25, -0.2) is 4.39 Å².